The third kappa shape index (κ3) is 6.84. The van der Waals surface area contributed by atoms with E-state index in [0.717, 1.165) is 18.2 Å². The number of rotatable bonds is 4. The molecule has 0 bridgehead atoms. The first-order valence-electron chi connectivity index (χ1n) is 5.22. The van der Waals surface area contributed by atoms with Crippen LogP contribution in [0.4, 0.5) is 26.3 Å². The molecular weight excluding hydrogens is 362 g/mol. The van der Waals surface area contributed by atoms with Gasteiger partial charge in [-0.05, 0) is 48.6 Å². The molecule has 0 fully saturated rings. The third-order valence-electron chi connectivity index (χ3n) is 1.99. The lowest BCUT2D eigenvalue weighted by atomic mass is 10.1. The molecule has 0 spiro atoms. The fourth-order valence-corrected chi connectivity index (χ4v) is 2.81. The Balaban J connectivity index is 3.22. The SMILES string of the molecule is CC(Cl)C(=O)c1cc(SC(F)(F)F)cc(SC(F)(F)F)c1. The van der Waals surface area contributed by atoms with Crippen molar-refractivity contribution in [2.24, 2.45) is 0 Å². The molecule has 1 nitrogen and oxygen atoms in total. The summed E-state index contributed by atoms with van der Waals surface area (Å²) in [6, 6.07) is 2.48. The van der Waals surface area contributed by atoms with Crippen molar-refractivity contribution in [3.8, 4) is 0 Å². The van der Waals surface area contributed by atoms with Gasteiger partial charge in [0.15, 0.2) is 5.78 Å². The van der Waals surface area contributed by atoms with Crippen LogP contribution in [0.1, 0.15) is 17.3 Å². The van der Waals surface area contributed by atoms with Crippen molar-refractivity contribution in [3.05, 3.63) is 23.8 Å². The second-order valence-corrected chi connectivity index (χ2v) is 6.70. The maximum atomic E-state index is 12.3. The number of hydrogen-bond donors (Lipinski definition) is 0. The van der Waals surface area contributed by atoms with Crippen LogP contribution in [0.25, 0.3) is 0 Å². The highest BCUT2D eigenvalue weighted by molar-refractivity contribution is 8.01. The van der Waals surface area contributed by atoms with Gasteiger partial charge in [-0.2, -0.15) is 26.3 Å². The average molecular weight is 369 g/mol. The van der Waals surface area contributed by atoms with Crippen LogP contribution < -0.4 is 0 Å². The Hall–Kier alpha value is -0.540. The molecule has 1 rings (SSSR count). The van der Waals surface area contributed by atoms with E-state index >= 15 is 0 Å². The van der Waals surface area contributed by atoms with Gasteiger partial charge >= 0.3 is 11.0 Å². The van der Waals surface area contributed by atoms with E-state index in [1.165, 1.54) is 6.92 Å². The second-order valence-electron chi connectivity index (χ2n) is 3.77. The molecule has 0 radical (unpaired) electrons. The Morgan fingerprint density at radius 3 is 1.67 bits per heavy atom. The van der Waals surface area contributed by atoms with Gasteiger partial charge in [-0.1, -0.05) is 0 Å². The van der Waals surface area contributed by atoms with Crippen LogP contribution in [-0.4, -0.2) is 22.2 Å². The van der Waals surface area contributed by atoms with Crippen molar-refractivity contribution in [1.29, 1.82) is 0 Å². The Bertz CT molecular complexity index is 492. The van der Waals surface area contributed by atoms with E-state index in [0.29, 0.717) is 0 Å². The first-order valence-corrected chi connectivity index (χ1v) is 7.29. The summed E-state index contributed by atoms with van der Waals surface area (Å²) in [6.45, 7) is 1.28. The Kier molecular flexibility index (Phi) is 5.91. The molecule has 0 aliphatic heterocycles. The molecule has 0 saturated carbocycles. The zero-order valence-electron chi connectivity index (χ0n) is 10.2. The summed E-state index contributed by atoms with van der Waals surface area (Å²) in [5, 5.41) is -1.06. The van der Waals surface area contributed by atoms with Gasteiger partial charge in [0.25, 0.3) is 0 Å². The molecule has 1 aromatic rings. The molecule has 0 amide bonds. The zero-order chi connectivity index (χ0) is 16.4. The van der Waals surface area contributed by atoms with Crippen LogP contribution in [0.5, 0.6) is 0 Å². The molecule has 0 heterocycles. The van der Waals surface area contributed by atoms with Crippen LogP contribution >= 0.6 is 35.1 Å². The summed E-state index contributed by atoms with van der Waals surface area (Å²) >= 11 is 4.34. The Labute approximate surface area is 129 Å². The molecule has 1 atom stereocenters. The maximum Gasteiger partial charge on any atom is 0.446 e. The standard InChI is InChI=1S/C11H7ClF6OS2/c1-5(12)9(19)6-2-7(20-10(13,14)15)4-8(3-6)21-11(16,17)18/h2-5H,1H3. The topological polar surface area (TPSA) is 17.1 Å². The average Bonchev–Trinajstić information content (AvgIpc) is 2.22. The number of thioether (sulfide) groups is 2. The van der Waals surface area contributed by atoms with Gasteiger partial charge in [0.05, 0.1) is 5.38 Å². The van der Waals surface area contributed by atoms with Gasteiger partial charge in [-0.25, -0.2) is 0 Å². The monoisotopic (exact) mass is 368 g/mol. The summed E-state index contributed by atoms with van der Waals surface area (Å²) in [5.74, 6) is -0.745. The van der Waals surface area contributed by atoms with E-state index in [-0.39, 0.29) is 5.56 Å². The van der Waals surface area contributed by atoms with Crippen molar-refractivity contribution >= 4 is 40.9 Å². The van der Waals surface area contributed by atoms with E-state index in [1.54, 1.807) is 0 Å². The molecular formula is C11H7ClF6OS2. The molecule has 1 aromatic carbocycles. The number of carbonyl (C=O) groups excluding carboxylic acids is 1. The number of benzene rings is 1. The normalized spacial score (nSPS) is 14.1. The first-order chi connectivity index (χ1) is 9.37. The fourth-order valence-electron chi connectivity index (χ4n) is 1.33. The van der Waals surface area contributed by atoms with Gasteiger partial charge in [-0.3, -0.25) is 4.79 Å². The zero-order valence-corrected chi connectivity index (χ0v) is 12.6. The number of halogens is 7. The van der Waals surface area contributed by atoms with Gasteiger partial charge in [-0.15, -0.1) is 11.6 Å². The Morgan fingerprint density at radius 2 is 1.38 bits per heavy atom. The predicted octanol–water partition coefficient (Wildman–Crippen LogP) is 5.72. The minimum absolute atomic E-state index is 0.293. The lowest BCUT2D eigenvalue weighted by molar-refractivity contribution is -0.0334. The quantitative estimate of drug-likeness (QED) is 0.293. The highest BCUT2D eigenvalue weighted by atomic mass is 35.5. The smallest absolute Gasteiger partial charge is 0.293 e. The van der Waals surface area contributed by atoms with Crippen molar-refractivity contribution < 1.29 is 31.1 Å². The van der Waals surface area contributed by atoms with Crippen LogP contribution in [0.2, 0.25) is 0 Å². The van der Waals surface area contributed by atoms with E-state index in [2.05, 4.69) is 0 Å². The van der Waals surface area contributed by atoms with Crippen LogP contribution in [0, 0.1) is 0 Å². The van der Waals surface area contributed by atoms with Gasteiger partial charge in [0, 0.05) is 15.4 Å². The lowest BCUT2D eigenvalue weighted by Gasteiger charge is -2.12. The summed E-state index contributed by atoms with van der Waals surface area (Å²) < 4.78 is 74.0. The minimum atomic E-state index is -4.67. The molecule has 118 valence electrons. The molecule has 0 aliphatic carbocycles. The fraction of sp³-hybridized carbons (Fsp3) is 0.364. The van der Waals surface area contributed by atoms with Gasteiger partial charge in [0.2, 0.25) is 0 Å². The summed E-state index contributed by atoms with van der Waals surface area (Å²) in [4.78, 5) is 10.7. The van der Waals surface area contributed by atoms with E-state index in [9.17, 15) is 31.1 Å². The van der Waals surface area contributed by atoms with E-state index in [4.69, 9.17) is 11.6 Å². The van der Waals surface area contributed by atoms with Gasteiger partial charge < -0.3 is 0 Å². The van der Waals surface area contributed by atoms with Crippen molar-refractivity contribution in [1.82, 2.24) is 0 Å². The predicted molar refractivity (Wildman–Crippen MR) is 69.9 cm³/mol. The molecule has 10 heteroatoms. The molecule has 0 saturated heterocycles. The summed E-state index contributed by atoms with van der Waals surface area (Å²) in [6.07, 6.45) is 0. The number of ketones is 1. The summed E-state index contributed by atoms with van der Waals surface area (Å²) in [5.41, 5.74) is -9.64. The van der Waals surface area contributed by atoms with Crippen molar-refractivity contribution in [2.75, 3.05) is 0 Å². The third-order valence-corrected chi connectivity index (χ3v) is 3.60. The van der Waals surface area contributed by atoms with E-state index < -0.39 is 55.5 Å². The molecule has 0 N–H and O–H groups in total. The van der Waals surface area contributed by atoms with Crippen LogP contribution in [0.3, 0.4) is 0 Å². The van der Waals surface area contributed by atoms with Crippen molar-refractivity contribution in [3.63, 3.8) is 0 Å². The molecule has 21 heavy (non-hydrogen) atoms. The van der Waals surface area contributed by atoms with Gasteiger partial charge in [0.1, 0.15) is 0 Å². The highest BCUT2D eigenvalue weighted by Gasteiger charge is 2.32. The molecule has 0 aromatic heterocycles. The van der Waals surface area contributed by atoms with Crippen LogP contribution in [-0.2, 0) is 0 Å². The van der Waals surface area contributed by atoms with E-state index in [1.807, 2.05) is 0 Å². The van der Waals surface area contributed by atoms with Crippen LogP contribution in [0.15, 0.2) is 28.0 Å². The number of alkyl halides is 7. The highest BCUT2D eigenvalue weighted by Crippen LogP contribution is 2.42. The van der Waals surface area contributed by atoms with Crippen molar-refractivity contribution in [2.45, 2.75) is 33.1 Å². The number of Topliss-reactive ketones (excluding diaryl/α,β-unsaturated/α-hetero) is 1. The molecule has 1 unspecified atom stereocenters. The molecule has 0 aliphatic rings. The first kappa shape index (κ1) is 18.5. The maximum absolute atomic E-state index is 12.3. The number of carbonyl (C=O) groups is 1. The minimum Gasteiger partial charge on any atom is -0.293 e. The number of hydrogen-bond acceptors (Lipinski definition) is 3. The Morgan fingerprint density at radius 1 is 1.00 bits per heavy atom. The second kappa shape index (κ2) is 6.70. The largest absolute Gasteiger partial charge is 0.446 e. The lowest BCUT2D eigenvalue weighted by Crippen LogP contribution is -2.11. The summed E-state index contributed by atoms with van der Waals surface area (Å²) in [7, 11) is 0.